The number of benzene rings is 1. The Kier molecular flexibility index (Phi) is 3.48. The number of sulfone groups is 1. The van der Waals surface area contributed by atoms with Gasteiger partial charge in [0.05, 0.1) is 28.3 Å². The van der Waals surface area contributed by atoms with Crippen molar-refractivity contribution in [1.29, 1.82) is 0 Å². The summed E-state index contributed by atoms with van der Waals surface area (Å²) in [6.07, 6.45) is 0.200. The maximum absolute atomic E-state index is 12.6. The highest BCUT2D eigenvalue weighted by Gasteiger charge is 2.40. The van der Waals surface area contributed by atoms with Gasteiger partial charge in [0, 0.05) is 19.0 Å². The second-order valence-corrected chi connectivity index (χ2v) is 8.25. The third kappa shape index (κ3) is 2.41. The van der Waals surface area contributed by atoms with Crippen molar-refractivity contribution in [2.24, 2.45) is 7.05 Å². The number of amides is 2. The molecule has 2 aromatic rings. The fraction of sp³-hybridized carbons (Fsp3) is 0.250. The summed E-state index contributed by atoms with van der Waals surface area (Å²) >= 11 is 0. The molecule has 0 saturated carbocycles. The maximum atomic E-state index is 12.6. The predicted molar refractivity (Wildman–Crippen MR) is 86.8 cm³/mol. The molecule has 0 fully saturated rings. The van der Waals surface area contributed by atoms with E-state index < -0.39 is 27.6 Å². The van der Waals surface area contributed by atoms with Crippen molar-refractivity contribution in [3.05, 3.63) is 52.3 Å². The van der Waals surface area contributed by atoms with E-state index in [1.54, 1.807) is 12.1 Å². The van der Waals surface area contributed by atoms with Crippen molar-refractivity contribution in [3.8, 4) is 0 Å². The minimum absolute atomic E-state index is 0.0378. The number of aromatic nitrogens is 2. The molecule has 2 aliphatic heterocycles. The Bertz CT molecular complexity index is 1050. The highest BCUT2D eigenvalue weighted by atomic mass is 32.2. The topological polar surface area (TPSA) is 116 Å². The van der Waals surface area contributed by atoms with Gasteiger partial charge in [0.25, 0.3) is 11.8 Å². The van der Waals surface area contributed by atoms with E-state index in [1.807, 2.05) is 0 Å². The monoisotopic (exact) mass is 375 g/mol. The first-order valence-corrected chi connectivity index (χ1v) is 9.56. The van der Waals surface area contributed by atoms with E-state index in [4.69, 9.17) is 4.84 Å². The van der Waals surface area contributed by atoms with E-state index in [2.05, 4.69) is 5.10 Å². The Hall–Kier alpha value is -3.01. The van der Waals surface area contributed by atoms with Crippen LogP contribution in [0.1, 0.15) is 42.5 Å². The molecule has 2 amide bonds. The Morgan fingerprint density at radius 2 is 1.77 bits per heavy atom. The molecular formula is C16H13N3O6S. The number of hydroxylamine groups is 2. The number of nitrogens with zero attached hydrogens (tertiary/aromatic N) is 3. The minimum atomic E-state index is -3.34. The number of carbonyl (C=O) groups excluding carboxylic acids is 3. The van der Waals surface area contributed by atoms with Gasteiger partial charge in [-0.05, 0) is 12.1 Å². The van der Waals surface area contributed by atoms with Gasteiger partial charge in [0.1, 0.15) is 0 Å². The van der Waals surface area contributed by atoms with Crippen LogP contribution in [0.25, 0.3) is 0 Å². The van der Waals surface area contributed by atoms with Gasteiger partial charge < -0.3 is 4.84 Å². The Balaban J connectivity index is 1.66. The van der Waals surface area contributed by atoms with E-state index in [0.717, 1.165) is 0 Å². The molecule has 10 heteroatoms. The van der Waals surface area contributed by atoms with Gasteiger partial charge in [-0.1, -0.05) is 17.2 Å². The van der Waals surface area contributed by atoms with Crippen molar-refractivity contribution in [2.45, 2.75) is 12.2 Å². The molecule has 0 saturated heterocycles. The molecule has 26 heavy (non-hydrogen) atoms. The second kappa shape index (κ2) is 5.49. The van der Waals surface area contributed by atoms with Gasteiger partial charge in [-0.3, -0.25) is 14.3 Å². The number of imide groups is 1. The van der Waals surface area contributed by atoms with Crippen LogP contribution in [-0.4, -0.2) is 46.8 Å². The average molecular weight is 375 g/mol. The molecule has 9 nitrogen and oxygen atoms in total. The summed E-state index contributed by atoms with van der Waals surface area (Å²) in [5.74, 6) is -2.87. The third-order valence-corrected chi connectivity index (χ3v) is 5.92. The quantitative estimate of drug-likeness (QED) is 0.691. The van der Waals surface area contributed by atoms with Gasteiger partial charge in [-0.2, -0.15) is 5.10 Å². The fourth-order valence-corrected chi connectivity index (χ4v) is 4.54. The lowest BCUT2D eigenvalue weighted by Crippen LogP contribution is -2.33. The molecule has 0 bridgehead atoms. The predicted octanol–water partition coefficient (Wildman–Crippen LogP) is 0.259. The molecule has 134 valence electrons. The lowest BCUT2D eigenvalue weighted by molar-refractivity contribution is -0.0592. The van der Waals surface area contributed by atoms with E-state index in [-0.39, 0.29) is 40.3 Å². The molecular weight excluding hydrogens is 362 g/mol. The number of carbonyl (C=O) groups is 3. The summed E-state index contributed by atoms with van der Waals surface area (Å²) in [4.78, 5) is 42.2. The summed E-state index contributed by atoms with van der Waals surface area (Å²) in [5, 5.41) is 4.55. The molecule has 1 aromatic heterocycles. The number of hydrogen-bond donors (Lipinski definition) is 0. The molecule has 0 unspecified atom stereocenters. The Labute approximate surface area is 148 Å². The first-order valence-electron chi connectivity index (χ1n) is 7.74. The van der Waals surface area contributed by atoms with E-state index >= 15 is 0 Å². The van der Waals surface area contributed by atoms with Crippen LogP contribution in [0.2, 0.25) is 0 Å². The van der Waals surface area contributed by atoms with E-state index in [0.29, 0.717) is 10.8 Å². The molecule has 0 radical (unpaired) electrons. The van der Waals surface area contributed by atoms with Gasteiger partial charge in [0.2, 0.25) is 0 Å². The number of rotatable bonds is 2. The molecule has 1 aromatic carbocycles. The molecule has 0 N–H and O–H groups in total. The molecule has 3 heterocycles. The number of aryl methyl sites for hydroxylation is 2. The first kappa shape index (κ1) is 16.5. The van der Waals surface area contributed by atoms with Crippen LogP contribution in [0, 0.1) is 0 Å². The zero-order valence-electron chi connectivity index (χ0n) is 13.6. The zero-order chi connectivity index (χ0) is 18.6. The highest BCUT2D eigenvalue weighted by Crippen LogP contribution is 2.27. The van der Waals surface area contributed by atoms with E-state index in [9.17, 15) is 22.8 Å². The molecule has 0 aliphatic carbocycles. The van der Waals surface area contributed by atoms with Crippen molar-refractivity contribution in [2.75, 3.05) is 5.75 Å². The van der Waals surface area contributed by atoms with Gasteiger partial charge in [-0.15, -0.1) is 0 Å². The third-order valence-electron chi connectivity index (χ3n) is 4.37. The summed E-state index contributed by atoms with van der Waals surface area (Å²) < 4.78 is 25.0. The number of hydrogen-bond acceptors (Lipinski definition) is 7. The van der Waals surface area contributed by atoms with Crippen LogP contribution in [0.3, 0.4) is 0 Å². The fourth-order valence-electron chi connectivity index (χ4n) is 3.15. The van der Waals surface area contributed by atoms with E-state index in [1.165, 1.54) is 23.9 Å². The van der Waals surface area contributed by atoms with Gasteiger partial charge in [-0.25, -0.2) is 13.2 Å². The van der Waals surface area contributed by atoms with Crippen LogP contribution in [-0.2, 0) is 33.9 Å². The SMILES string of the molecule is Cn1nc2c(c1C(=O)ON1C(=O)c3ccccc3C1=O)CS(=O)(=O)CC2. The first-order chi connectivity index (χ1) is 12.3. The molecule has 4 rings (SSSR count). The summed E-state index contributed by atoms with van der Waals surface area (Å²) in [6, 6.07) is 6.11. The van der Waals surface area contributed by atoms with Crippen LogP contribution in [0.4, 0.5) is 0 Å². The Morgan fingerprint density at radius 1 is 1.15 bits per heavy atom. The van der Waals surface area contributed by atoms with Crippen molar-refractivity contribution in [3.63, 3.8) is 0 Å². The molecule has 2 aliphatic rings. The highest BCUT2D eigenvalue weighted by molar-refractivity contribution is 7.90. The smallest absolute Gasteiger partial charge is 0.323 e. The molecule has 0 atom stereocenters. The zero-order valence-corrected chi connectivity index (χ0v) is 14.4. The summed E-state index contributed by atoms with van der Waals surface area (Å²) in [6.45, 7) is 0. The van der Waals surface area contributed by atoms with Crippen LogP contribution in [0.5, 0.6) is 0 Å². The van der Waals surface area contributed by atoms with Crippen molar-refractivity contribution in [1.82, 2.24) is 14.8 Å². The van der Waals surface area contributed by atoms with Gasteiger partial charge >= 0.3 is 5.97 Å². The van der Waals surface area contributed by atoms with Crippen LogP contribution < -0.4 is 0 Å². The normalized spacial score (nSPS) is 17.8. The summed E-state index contributed by atoms with van der Waals surface area (Å²) in [7, 11) is -1.86. The van der Waals surface area contributed by atoms with Crippen molar-refractivity contribution >= 4 is 27.6 Å². The average Bonchev–Trinajstić information content (AvgIpc) is 3.03. The second-order valence-electron chi connectivity index (χ2n) is 6.07. The standard InChI is InChI=1S/C16H13N3O6S/c1-18-13(11-8-26(23,24)7-6-12(11)17-18)16(22)25-19-14(20)9-4-2-3-5-10(9)15(19)21/h2-5H,6-8H2,1H3. The maximum Gasteiger partial charge on any atom is 0.382 e. The van der Waals surface area contributed by atoms with Gasteiger partial charge in [0.15, 0.2) is 15.5 Å². The molecule has 0 spiro atoms. The number of fused-ring (bicyclic) bond motifs is 2. The summed E-state index contributed by atoms with van der Waals surface area (Å²) in [5.41, 5.74) is 0.941. The lowest BCUT2D eigenvalue weighted by atomic mass is 10.1. The van der Waals surface area contributed by atoms with Crippen molar-refractivity contribution < 1.29 is 27.6 Å². The minimum Gasteiger partial charge on any atom is -0.323 e. The Morgan fingerprint density at radius 3 is 2.38 bits per heavy atom. The largest absolute Gasteiger partial charge is 0.382 e. The lowest BCUT2D eigenvalue weighted by Gasteiger charge is -2.15. The van der Waals surface area contributed by atoms with Crippen LogP contribution >= 0.6 is 0 Å². The van der Waals surface area contributed by atoms with Crippen LogP contribution in [0.15, 0.2) is 24.3 Å².